The minimum Gasteiger partial charge on any atom is -0.491 e. The summed E-state index contributed by atoms with van der Waals surface area (Å²) >= 11 is 0. The number of ether oxygens (including phenoxy) is 1. The second kappa shape index (κ2) is 7.79. The van der Waals surface area contributed by atoms with Crippen molar-refractivity contribution in [3.8, 4) is 5.75 Å². The fourth-order valence-electron chi connectivity index (χ4n) is 1.90. The second-order valence-corrected chi connectivity index (χ2v) is 4.69. The third kappa shape index (κ3) is 5.75. The van der Waals surface area contributed by atoms with Crippen LogP contribution >= 0.6 is 0 Å². The van der Waals surface area contributed by atoms with Crippen LogP contribution in [0.4, 0.5) is 0 Å². The van der Waals surface area contributed by atoms with Gasteiger partial charge in [-0.3, -0.25) is 4.79 Å². The summed E-state index contributed by atoms with van der Waals surface area (Å²) in [6.07, 6.45) is 3.75. The predicted molar refractivity (Wildman–Crippen MR) is 74.8 cm³/mol. The number of carbonyl (C=O) groups excluding carboxylic acids is 1. The highest BCUT2D eigenvalue weighted by Gasteiger charge is 2.07. The molecule has 105 valence electrons. The van der Waals surface area contributed by atoms with Gasteiger partial charge in [0.2, 0.25) is 5.91 Å². The molecule has 3 N–H and O–H groups in total. The second-order valence-electron chi connectivity index (χ2n) is 4.69. The van der Waals surface area contributed by atoms with Crippen molar-refractivity contribution >= 4 is 5.91 Å². The molecule has 19 heavy (non-hydrogen) atoms. The molecule has 1 aromatic carbocycles. The highest BCUT2D eigenvalue weighted by Crippen LogP contribution is 2.20. The molecule has 1 atom stereocenters. The molecule has 0 fully saturated rings. The minimum absolute atomic E-state index is 0.0323. The maximum atomic E-state index is 10.6. The lowest BCUT2D eigenvalue weighted by Crippen LogP contribution is -2.15. The molecule has 0 unspecified atom stereocenters. The maximum Gasteiger partial charge on any atom is 0.217 e. The fourth-order valence-corrected chi connectivity index (χ4v) is 1.90. The van der Waals surface area contributed by atoms with Gasteiger partial charge in [-0.05, 0) is 49.9 Å². The first-order chi connectivity index (χ1) is 9.02. The zero-order valence-corrected chi connectivity index (χ0v) is 11.6. The highest BCUT2D eigenvalue weighted by atomic mass is 16.5. The van der Waals surface area contributed by atoms with Gasteiger partial charge in [-0.1, -0.05) is 6.07 Å². The third-order valence-electron chi connectivity index (χ3n) is 2.92. The number of aliphatic hydroxyl groups is 1. The molecule has 0 aliphatic carbocycles. The summed E-state index contributed by atoms with van der Waals surface area (Å²) in [6.45, 7) is 3.99. The molecule has 1 amide bonds. The van der Waals surface area contributed by atoms with Crippen molar-refractivity contribution in [3.05, 3.63) is 35.7 Å². The largest absolute Gasteiger partial charge is 0.491 e. The first kappa shape index (κ1) is 15.5. The van der Waals surface area contributed by atoms with Crippen LogP contribution < -0.4 is 10.5 Å². The molecular weight excluding hydrogens is 242 g/mol. The summed E-state index contributed by atoms with van der Waals surface area (Å²) in [4.78, 5) is 10.6. The lowest BCUT2D eigenvalue weighted by atomic mass is 10.1. The number of rotatable bonds is 8. The topological polar surface area (TPSA) is 72.5 Å². The van der Waals surface area contributed by atoms with E-state index in [1.54, 1.807) is 6.42 Å². The lowest BCUT2D eigenvalue weighted by molar-refractivity contribution is -0.118. The number of aliphatic hydroxyl groups excluding tert-OH is 1. The number of aryl methyl sites for hydroxylation is 1. The zero-order chi connectivity index (χ0) is 14.3. The van der Waals surface area contributed by atoms with Crippen LogP contribution in [-0.4, -0.2) is 23.7 Å². The maximum absolute atomic E-state index is 10.6. The minimum atomic E-state index is -0.271. The van der Waals surface area contributed by atoms with E-state index in [9.17, 15) is 4.79 Å². The molecule has 4 nitrogen and oxygen atoms in total. The van der Waals surface area contributed by atoms with Gasteiger partial charge in [-0.15, -0.1) is 0 Å². The van der Waals surface area contributed by atoms with Crippen molar-refractivity contribution in [2.45, 2.75) is 39.2 Å². The van der Waals surface area contributed by atoms with Gasteiger partial charge in [0.15, 0.2) is 0 Å². The first-order valence-electron chi connectivity index (χ1n) is 6.52. The summed E-state index contributed by atoms with van der Waals surface area (Å²) in [7, 11) is 0. The van der Waals surface area contributed by atoms with Crippen LogP contribution in [0.25, 0.3) is 0 Å². The molecule has 0 bridgehead atoms. The van der Waals surface area contributed by atoms with Crippen molar-refractivity contribution in [2.24, 2.45) is 5.73 Å². The molecule has 1 aromatic rings. The SMILES string of the molecule is Cc1cc(O[C@H](C)CCCC(N)=O)ccc1[CH]CO. The van der Waals surface area contributed by atoms with Gasteiger partial charge in [-0.25, -0.2) is 0 Å². The quantitative estimate of drug-likeness (QED) is 0.754. The van der Waals surface area contributed by atoms with E-state index in [0.29, 0.717) is 6.42 Å². The van der Waals surface area contributed by atoms with E-state index < -0.39 is 0 Å². The molecule has 0 saturated carbocycles. The van der Waals surface area contributed by atoms with Crippen LogP contribution in [0.5, 0.6) is 5.75 Å². The molecule has 1 rings (SSSR count). The summed E-state index contributed by atoms with van der Waals surface area (Å²) in [5.74, 6) is 0.533. The Kier molecular flexibility index (Phi) is 6.36. The van der Waals surface area contributed by atoms with Crippen molar-refractivity contribution in [1.29, 1.82) is 0 Å². The monoisotopic (exact) mass is 264 g/mol. The Bertz CT molecular complexity index is 418. The Hall–Kier alpha value is -1.55. The molecule has 1 radical (unpaired) electrons. The number of benzene rings is 1. The molecule has 0 heterocycles. The number of hydrogen-bond donors (Lipinski definition) is 2. The predicted octanol–water partition coefficient (Wildman–Crippen LogP) is 1.96. The molecule has 0 aromatic heterocycles. The normalized spacial score (nSPS) is 12.2. The van der Waals surface area contributed by atoms with Gasteiger partial charge in [0.25, 0.3) is 0 Å². The van der Waals surface area contributed by atoms with E-state index in [0.717, 1.165) is 29.7 Å². The van der Waals surface area contributed by atoms with Gasteiger partial charge in [-0.2, -0.15) is 0 Å². The van der Waals surface area contributed by atoms with Gasteiger partial charge < -0.3 is 15.6 Å². The fraction of sp³-hybridized carbons (Fsp3) is 0.467. The Morgan fingerprint density at radius 3 is 2.84 bits per heavy atom. The van der Waals surface area contributed by atoms with E-state index in [1.165, 1.54) is 0 Å². The van der Waals surface area contributed by atoms with E-state index in [1.807, 2.05) is 32.0 Å². The van der Waals surface area contributed by atoms with Crippen LogP contribution in [-0.2, 0) is 4.79 Å². The Morgan fingerprint density at radius 1 is 1.53 bits per heavy atom. The molecule has 4 heteroatoms. The standard InChI is InChI=1S/C15H22NO3/c1-11-10-14(7-6-13(11)8-9-17)19-12(2)4-3-5-15(16)18/h6-8,10,12,17H,3-5,9H2,1-2H3,(H2,16,18)/t12-/m1/s1. The molecule has 0 aliphatic rings. The average Bonchev–Trinajstić information content (AvgIpc) is 2.32. The molecule has 0 saturated heterocycles. The Labute approximate surface area is 114 Å². The van der Waals surface area contributed by atoms with E-state index >= 15 is 0 Å². The Balaban J connectivity index is 2.48. The van der Waals surface area contributed by atoms with Crippen LogP contribution in [0.1, 0.15) is 37.3 Å². The van der Waals surface area contributed by atoms with E-state index in [4.69, 9.17) is 15.6 Å². The van der Waals surface area contributed by atoms with Crippen molar-refractivity contribution in [2.75, 3.05) is 6.61 Å². The van der Waals surface area contributed by atoms with E-state index in [-0.39, 0.29) is 18.6 Å². The summed E-state index contributed by atoms with van der Waals surface area (Å²) in [5, 5.41) is 8.88. The summed E-state index contributed by atoms with van der Waals surface area (Å²) in [6, 6.07) is 5.77. The number of hydrogen-bond acceptors (Lipinski definition) is 3. The van der Waals surface area contributed by atoms with Gasteiger partial charge >= 0.3 is 0 Å². The molecular formula is C15H22NO3. The number of primary amides is 1. The Morgan fingerprint density at radius 2 is 2.26 bits per heavy atom. The van der Waals surface area contributed by atoms with Crippen molar-refractivity contribution in [1.82, 2.24) is 0 Å². The van der Waals surface area contributed by atoms with Gasteiger partial charge in [0, 0.05) is 12.8 Å². The number of nitrogens with two attached hydrogens (primary N) is 1. The number of amides is 1. The summed E-state index contributed by atoms with van der Waals surface area (Å²) < 4.78 is 5.78. The lowest BCUT2D eigenvalue weighted by Gasteiger charge is -2.15. The zero-order valence-electron chi connectivity index (χ0n) is 11.6. The smallest absolute Gasteiger partial charge is 0.217 e. The van der Waals surface area contributed by atoms with Gasteiger partial charge in [0.05, 0.1) is 12.7 Å². The van der Waals surface area contributed by atoms with Crippen LogP contribution in [0.3, 0.4) is 0 Å². The van der Waals surface area contributed by atoms with Crippen molar-refractivity contribution < 1.29 is 14.6 Å². The van der Waals surface area contributed by atoms with Crippen LogP contribution in [0.2, 0.25) is 0 Å². The number of carbonyl (C=O) groups is 1. The summed E-state index contributed by atoms with van der Waals surface area (Å²) in [5.41, 5.74) is 7.17. The highest BCUT2D eigenvalue weighted by molar-refractivity contribution is 5.73. The van der Waals surface area contributed by atoms with E-state index in [2.05, 4.69) is 0 Å². The average molecular weight is 264 g/mol. The first-order valence-corrected chi connectivity index (χ1v) is 6.52. The van der Waals surface area contributed by atoms with Gasteiger partial charge in [0.1, 0.15) is 5.75 Å². The van der Waals surface area contributed by atoms with Crippen LogP contribution in [0.15, 0.2) is 18.2 Å². The molecule has 0 spiro atoms. The van der Waals surface area contributed by atoms with Crippen molar-refractivity contribution in [3.63, 3.8) is 0 Å². The third-order valence-corrected chi connectivity index (χ3v) is 2.92. The van der Waals surface area contributed by atoms with Crippen LogP contribution in [0, 0.1) is 13.3 Å². The molecule has 0 aliphatic heterocycles.